The molecule has 4 nitrogen and oxygen atoms in total. The maximum atomic E-state index is 12.7. The molecule has 0 spiro atoms. The molecule has 1 N–H and O–H groups in total. The van der Waals surface area contributed by atoms with E-state index in [1.165, 1.54) is 11.8 Å². The van der Waals surface area contributed by atoms with E-state index < -0.39 is 5.97 Å². The van der Waals surface area contributed by atoms with Crippen molar-refractivity contribution in [1.82, 2.24) is 5.32 Å². The summed E-state index contributed by atoms with van der Waals surface area (Å²) in [4.78, 5) is 25.0. The lowest BCUT2D eigenvalue weighted by Gasteiger charge is -2.09. The van der Waals surface area contributed by atoms with Crippen LogP contribution in [0.15, 0.2) is 70.8 Å². The third-order valence-electron chi connectivity index (χ3n) is 3.98. The second-order valence-electron chi connectivity index (χ2n) is 5.98. The summed E-state index contributed by atoms with van der Waals surface area (Å²) in [7, 11) is 0. The first-order chi connectivity index (χ1) is 13.1. The Bertz CT molecular complexity index is 787. The van der Waals surface area contributed by atoms with Crippen LogP contribution in [0.25, 0.3) is 0 Å². The molecule has 27 heavy (non-hydrogen) atoms. The molecule has 0 aliphatic carbocycles. The van der Waals surface area contributed by atoms with Crippen LogP contribution in [0.3, 0.4) is 0 Å². The Balaban J connectivity index is 1.94. The predicted octanol–water partition coefficient (Wildman–Crippen LogP) is 4.69. The van der Waals surface area contributed by atoms with Crippen molar-refractivity contribution in [3.8, 4) is 0 Å². The van der Waals surface area contributed by atoms with Crippen molar-refractivity contribution in [1.29, 1.82) is 0 Å². The number of Topliss-reactive ketones (excluding diaryl/α,β-unsaturated/α-hetero) is 1. The molecule has 0 aromatic heterocycles. The molecule has 0 atom stereocenters. The second kappa shape index (κ2) is 11.3. The molecular weight excluding hydrogens is 406 g/mol. The number of ether oxygens (including phenoxy) is 1. The zero-order valence-corrected chi connectivity index (χ0v) is 17.0. The summed E-state index contributed by atoms with van der Waals surface area (Å²) < 4.78 is 5.69. The van der Waals surface area contributed by atoms with E-state index in [4.69, 9.17) is 4.74 Å². The monoisotopic (exact) mass is 429 g/mol. The number of hydrogen-bond acceptors (Lipinski definition) is 4. The fourth-order valence-electron chi connectivity index (χ4n) is 2.59. The van der Waals surface area contributed by atoms with Gasteiger partial charge in [-0.25, -0.2) is 4.79 Å². The molecule has 0 amide bonds. The SMILES string of the molecule is CCOC(=O)/C(=C/NCCCCc1ccccc1)C(=O)c1ccccc1Br. The summed E-state index contributed by atoms with van der Waals surface area (Å²) >= 11 is 3.36. The molecule has 2 rings (SSSR count). The van der Waals surface area contributed by atoms with Gasteiger partial charge in [0.1, 0.15) is 5.57 Å². The molecule has 5 heteroatoms. The molecule has 2 aromatic rings. The van der Waals surface area contributed by atoms with Crippen LogP contribution in [-0.2, 0) is 16.0 Å². The van der Waals surface area contributed by atoms with E-state index in [2.05, 4.69) is 33.4 Å². The highest BCUT2D eigenvalue weighted by molar-refractivity contribution is 9.10. The molecule has 0 fully saturated rings. The van der Waals surface area contributed by atoms with E-state index in [1.807, 2.05) is 24.3 Å². The Morgan fingerprint density at radius 2 is 1.74 bits per heavy atom. The number of carbonyl (C=O) groups is 2. The van der Waals surface area contributed by atoms with Gasteiger partial charge in [0.05, 0.1) is 6.61 Å². The lowest BCUT2D eigenvalue weighted by Crippen LogP contribution is -2.20. The Morgan fingerprint density at radius 3 is 2.44 bits per heavy atom. The van der Waals surface area contributed by atoms with Gasteiger partial charge >= 0.3 is 5.97 Å². The number of carbonyl (C=O) groups excluding carboxylic acids is 2. The van der Waals surface area contributed by atoms with Crippen LogP contribution in [0.4, 0.5) is 0 Å². The number of nitrogens with one attached hydrogen (secondary N) is 1. The van der Waals surface area contributed by atoms with E-state index in [-0.39, 0.29) is 18.0 Å². The Labute approximate surface area is 168 Å². The molecule has 0 unspecified atom stereocenters. The molecule has 0 bridgehead atoms. The van der Waals surface area contributed by atoms with E-state index >= 15 is 0 Å². The van der Waals surface area contributed by atoms with Gasteiger partial charge in [-0.1, -0.05) is 58.4 Å². The first-order valence-corrected chi connectivity index (χ1v) is 9.86. The van der Waals surface area contributed by atoms with Crippen molar-refractivity contribution in [2.45, 2.75) is 26.2 Å². The highest BCUT2D eigenvalue weighted by Gasteiger charge is 2.22. The average molecular weight is 430 g/mol. The smallest absolute Gasteiger partial charge is 0.343 e. The molecule has 0 aliphatic heterocycles. The minimum atomic E-state index is -0.616. The maximum absolute atomic E-state index is 12.7. The van der Waals surface area contributed by atoms with Gasteiger partial charge < -0.3 is 10.1 Å². The molecule has 142 valence electrons. The van der Waals surface area contributed by atoms with Crippen molar-refractivity contribution in [3.63, 3.8) is 0 Å². The quantitative estimate of drug-likeness (QED) is 0.148. The van der Waals surface area contributed by atoms with E-state index in [0.717, 1.165) is 19.3 Å². The molecule has 2 aromatic carbocycles. The Hall–Kier alpha value is -2.40. The van der Waals surface area contributed by atoms with Gasteiger partial charge in [-0.15, -0.1) is 0 Å². The van der Waals surface area contributed by atoms with Gasteiger partial charge in [-0.2, -0.15) is 0 Å². The van der Waals surface area contributed by atoms with Crippen molar-refractivity contribution < 1.29 is 14.3 Å². The Morgan fingerprint density at radius 1 is 1.04 bits per heavy atom. The topological polar surface area (TPSA) is 55.4 Å². The van der Waals surface area contributed by atoms with E-state index in [1.54, 1.807) is 25.1 Å². The van der Waals surface area contributed by atoms with Crippen LogP contribution in [0.5, 0.6) is 0 Å². The highest BCUT2D eigenvalue weighted by atomic mass is 79.9. The van der Waals surface area contributed by atoms with Gasteiger partial charge in [0, 0.05) is 22.8 Å². The van der Waals surface area contributed by atoms with Crippen LogP contribution in [0.2, 0.25) is 0 Å². The van der Waals surface area contributed by atoms with Crippen molar-refractivity contribution in [2.75, 3.05) is 13.2 Å². The number of halogens is 1. The number of hydrogen-bond donors (Lipinski definition) is 1. The number of aryl methyl sites for hydroxylation is 1. The summed E-state index contributed by atoms with van der Waals surface area (Å²) in [6.07, 6.45) is 4.44. The largest absolute Gasteiger partial charge is 0.462 e. The predicted molar refractivity (Wildman–Crippen MR) is 111 cm³/mol. The first kappa shape index (κ1) is 20.9. The summed E-state index contributed by atoms with van der Waals surface area (Å²) in [6.45, 7) is 2.62. The molecule has 0 heterocycles. The summed E-state index contributed by atoms with van der Waals surface area (Å²) in [5.41, 5.74) is 1.75. The normalized spacial score (nSPS) is 11.1. The molecule has 0 saturated heterocycles. The number of esters is 1. The summed E-state index contributed by atoms with van der Waals surface area (Å²) in [5.74, 6) is -0.979. The molecule has 0 aliphatic rings. The number of rotatable bonds is 10. The zero-order chi connectivity index (χ0) is 19.5. The van der Waals surface area contributed by atoms with Gasteiger partial charge in [0.2, 0.25) is 5.78 Å². The minimum absolute atomic E-state index is 0.00630. The Kier molecular flexibility index (Phi) is 8.78. The average Bonchev–Trinajstić information content (AvgIpc) is 2.68. The lowest BCUT2D eigenvalue weighted by atomic mass is 10.0. The summed E-state index contributed by atoms with van der Waals surface area (Å²) in [6, 6.07) is 17.3. The van der Waals surface area contributed by atoms with Crippen molar-refractivity contribution in [3.05, 3.63) is 82.0 Å². The summed E-state index contributed by atoms with van der Waals surface area (Å²) in [5, 5.41) is 3.08. The second-order valence-corrected chi connectivity index (χ2v) is 6.84. The highest BCUT2D eigenvalue weighted by Crippen LogP contribution is 2.20. The van der Waals surface area contributed by atoms with E-state index in [0.29, 0.717) is 16.6 Å². The molecular formula is C22H24BrNO3. The van der Waals surface area contributed by atoms with Crippen LogP contribution in [0.1, 0.15) is 35.7 Å². The maximum Gasteiger partial charge on any atom is 0.343 e. The fraction of sp³-hybridized carbons (Fsp3) is 0.273. The van der Waals surface area contributed by atoms with Gasteiger partial charge in [-0.05, 0) is 43.9 Å². The third-order valence-corrected chi connectivity index (χ3v) is 4.68. The van der Waals surface area contributed by atoms with Crippen LogP contribution in [-0.4, -0.2) is 24.9 Å². The van der Waals surface area contributed by atoms with Crippen molar-refractivity contribution in [2.24, 2.45) is 0 Å². The van der Waals surface area contributed by atoms with Gasteiger partial charge in [0.15, 0.2) is 0 Å². The first-order valence-electron chi connectivity index (χ1n) is 9.07. The number of ketones is 1. The van der Waals surface area contributed by atoms with Crippen LogP contribution >= 0.6 is 15.9 Å². The number of benzene rings is 2. The van der Waals surface area contributed by atoms with Crippen LogP contribution < -0.4 is 5.32 Å². The van der Waals surface area contributed by atoms with Crippen molar-refractivity contribution >= 4 is 27.7 Å². The molecule has 0 saturated carbocycles. The fourth-order valence-corrected chi connectivity index (χ4v) is 3.06. The lowest BCUT2D eigenvalue weighted by molar-refractivity contribution is -0.138. The zero-order valence-electron chi connectivity index (χ0n) is 15.4. The van der Waals surface area contributed by atoms with E-state index in [9.17, 15) is 9.59 Å². The molecule has 0 radical (unpaired) electrons. The van der Waals surface area contributed by atoms with Crippen LogP contribution in [0, 0.1) is 0 Å². The van der Waals surface area contributed by atoms with Gasteiger partial charge in [0.25, 0.3) is 0 Å². The number of unbranched alkanes of at least 4 members (excludes halogenated alkanes) is 1. The standard InChI is InChI=1S/C22H24BrNO3/c1-2-27-22(26)19(21(25)18-13-6-7-14-20(18)23)16-24-15-9-8-12-17-10-4-3-5-11-17/h3-7,10-11,13-14,16,24H,2,8-9,12,15H2,1H3/b19-16+. The third kappa shape index (κ3) is 6.68. The minimum Gasteiger partial charge on any atom is -0.462 e. The van der Waals surface area contributed by atoms with Gasteiger partial charge in [-0.3, -0.25) is 4.79 Å².